The van der Waals surface area contributed by atoms with Gasteiger partial charge in [-0.2, -0.15) is 0 Å². The molecule has 0 aliphatic carbocycles. The molecule has 0 heterocycles. The summed E-state index contributed by atoms with van der Waals surface area (Å²) in [7, 11) is 0. The fourth-order valence-corrected chi connectivity index (χ4v) is 2.48. The lowest BCUT2D eigenvalue weighted by Gasteiger charge is -2.13. The van der Waals surface area contributed by atoms with Crippen molar-refractivity contribution in [1.82, 2.24) is 0 Å². The third kappa shape index (κ3) is 3.43. The molecule has 2 aromatic rings. The number of nitrogens with zero attached hydrogens (tertiary/aromatic N) is 1. The van der Waals surface area contributed by atoms with E-state index in [9.17, 15) is 15.2 Å². The number of phenolic OH excluding ortho intramolecular Hbond substituents is 1. The van der Waals surface area contributed by atoms with E-state index in [-0.39, 0.29) is 33.1 Å². The molecule has 2 rings (SSSR count). The van der Waals surface area contributed by atoms with Crippen LogP contribution in [-0.4, -0.2) is 10.0 Å². The van der Waals surface area contributed by atoms with E-state index in [1.165, 1.54) is 18.2 Å². The summed E-state index contributed by atoms with van der Waals surface area (Å²) in [5.74, 6) is 0.836. The maximum absolute atomic E-state index is 10.8. The molecule has 5 nitrogen and oxygen atoms in total. The van der Waals surface area contributed by atoms with Crippen molar-refractivity contribution in [2.45, 2.75) is 19.8 Å². The predicted octanol–water partition coefficient (Wildman–Crippen LogP) is 5.52. The Bertz CT molecular complexity index is 708. The molecule has 0 saturated carbocycles. The number of rotatable bonds is 4. The molecule has 116 valence electrons. The summed E-state index contributed by atoms with van der Waals surface area (Å²) in [6.07, 6.45) is 0. The van der Waals surface area contributed by atoms with Gasteiger partial charge in [0, 0.05) is 17.7 Å². The molecule has 0 saturated heterocycles. The van der Waals surface area contributed by atoms with Crippen LogP contribution in [0.1, 0.15) is 25.3 Å². The van der Waals surface area contributed by atoms with Gasteiger partial charge in [0.15, 0.2) is 5.75 Å². The molecule has 2 aromatic carbocycles. The first-order valence-electron chi connectivity index (χ1n) is 6.43. The third-order valence-corrected chi connectivity index (χ3v) is 3.60. The van der Waals surface area contributed by atoms with Crippen LogP contribution in [0.3, 0.4) is 0 Å². The molecule has 0 spiro atoms. The maximum atomic E-state index is 10.8. The van der Waals surface area contributed by atoms with Crippen LogP contribution >= 0.6 is 23.2 Å². The first-order chi connectivity index (χ1) is 10.3. The molecule has 0 aromatic heterocycles. The van der Waals surface area contributed by atoms with Crippen LogP contribution in [0, 0.1) is 10.1 Å². The molecule has 1 N–H and O–H groups in total. The molecule has 22 heavy (non-hydrogen) atoms. The van der Waals surface area contributed by atoms with Crippen LogP contribution in [0.2, 0.25) is 10.0 Å². The summed E-state index contributed by atoms with van der Waals surface area (Å²) in [5, 5.41) is 20.6. The Kier molecular flexibility index (Phi) is 4.78. The highest BCUT2D eigenvalue weighted by atomic mass is 35.5. The van der Waals surface area contributed by atoms with Gasteiger partial charge in [-0.3, -0.25) is 10.1 Å². The van der Waals surface area contributed by atoms with E-state index in [1.54, 1.807) is 12.1 Å². The largest absolute Gasteiger partial charge is 0.508 e. The smallest absolute Gasteiger partial charge is 0.272 e. The zero-order chi connectivity index (χ0) is 16.4. The van der Waals surface area contributed by atoms with Crippen molar-refractivity contribution >= 4 is 28.9 Å². The number of hydrogen-bond acceptors (Lipinski definition) is 4. The maximum Gasteiger partial charge on any atom is 0.272 e. The molecule has 0 radical (unpaired) electrons. The number of phenols is 1. The number of halogens is 2. The predicted molar refractivity (Wildman–Crippen MR) is 85.4 cm³/mol. The first kappa shape index (κ1) is 16.4. The van der Waals surface area contributed by atoms with Gasteiger partial charge in [0.2, 0.25) is 0 Å². The number of nitro benzene ring substituents is 1. The number of ether oxygens (including phenoxy) is 1. The van der Waals surface area contributed by atoms with Gasteiger partial charge in [-0.15, -0.1) is 0 Å². The number of hydrogen-bond donors (Lipinski definition) is 1. The summed E-state index contributed by atoms with van der Waals surface area (Å²) in [5.41, 5.74) is 0.502. The quantitative estimate of drug-likeness (QED) is 0.586. The highest BCUT2D eigenvalue weighted by Crippen LogP contribution is 2.40. The summed E-state index contributed by atoms with van der Waals surface area (Å²) in [6.45, 7) is 3.87. The number of non-ortho nitro benzene ring substituents is 1. The molecule has 0 bridgehead atoms. The van der Waals surface area contributed by atoms with E-state index < -0.39 is 4.92 Å². The van der Waals surface area contributed by atoms with Crippen molar-refractivity contribution in [3.63, 3.8) is 0 Å². The molecule has 7 heteroatoms. The first-order valence-corrected chi connectivity index (χ1v) is 7.19. The zero-order valence-electron chi connectivity index (χ0n) is 11.8. The van der Waals surface area contributed by atoms with Gasteiger partial charge in [-0.25, -0.2) is 0 Å². The highest BCUT2D eigenvalue weighted by molar-refractivity contribution is 6.37. The lowest BCUT2D eigenvalue weighted by Crippen LogP contribution is -1.93. The van der Waals surface area contributed by atoms with Crippen molar-refractivity contribution in [1.29, 1.82) is 0 Å². The van der Waals surface area contributed by atoms with E-state index >= 15 is 0 Å². The average molecular weight is 342 g/mol. The second kappa shape index (κ2) is 6.42. The topological polar surface area (TPSA) is 72.6 Å². The van der Waals surface area contributed by atoms with E-state index in [0.29, 0.717) is 11.3 Å². The molecule has 0 amide bonds. The minimum absolute atomic E-state index is 0.0402. The molecule has 0 aliphatic heterocycles. The monoisotopic (exact) mass is 341 g/mol. The van der Waals surface area contributed by atoms with Gasteiger partial charge in [-0.05, 0) is 24.1 Å². The Morgan fingerprint density at radius 3 is 2.27 bits per heavy atom. The van der Waals surface area contributed by atoms with Crippen molar-refractivity contribution < 1.29 is 14.8 Å². The normalized spacial score (nSPS) is 10.8. The number of aromatic hydroxyl groups is 1. The van der Waals surface area contributed by atoms with E-state index in [4.69, 9.17) is 27.9 Å². The van der Waals surface area contributed by atoms with Crippen LogP contribution in [-0.2, 0) is 0 Å². The fraction of sp³-hybridized carbons (Fsp3) is 0.200. The van der Waals surface area contributed by atoms with E-state index in [1.807, 2.05) is 13.8 Å². The van der Waals surface area contributed by atoms with Crippen LogP contribution in [0.5, 0.6) is 17.2 Å². The van der Waals surface area contributed by atoms with Gasteiger partial charge < -0.3 is 9.84 Å². The lowest BCUT2D eigenvalue weighted by atomic mass is 10.0. The number of nitro groups is 1. The lowest BCUT2D eigenvalue weighted by molar-refractivity contribution is -0.384. The Hall–Kier alpha value is -1.98. The minimum Gasteiger partial charge on any atom is -0.508 e. The molecule has 0 fully saturated rings. The zero-order valence-corrected chi connectivity index (χ0v) is 13.4. The Labute approximate surface area is 137 Å². The Morgan fingerprint density at radius 2 is 1.77 bits per heavy atom. The summed E-state index contributed by atoms with van der Waals surface area (Å²) < 4.78 is 5.62. The second-order valence-electron chi connectivity index (χ2n) is 4.97. The standard InChI is InChI=1S/C15H13Cl2NO4/c1-8(2)11-7-10(3-4-14(11)19)22-15-12(16)5-9(18(20)21)6-13(15)17/h3-8,19H,1-2H3. The molecule has 0 unspecified atom stereocenters. The molecule has 0 atom stereocenters. The van der Waals surface area contributed by atoms with Crippen LogP contribution < -0.4 is 4.74 Å². The van der Waals surface area contributed by atoms with Gasteiger partial charge in [0.25, 0.3) is 5.69 Å². The van der Waals surface area contributed by atoms with Gasteiger partial charge in [-0.1, -0.05) is 37.0 Å². The molecular formula is C15H13Cl2NO4. The van der Waals surface area contributed by atoms with Crippen LogP contribution in [0.25, 0.3) is 0 Å². The van der Waals surface area contributed by atoms with Crippen LogP contribution in [0.15, 0.2) is 30.3 Å². The SMILES string of the molecule is CC(C)c1cc(Oc2c(Cl)cc([N+](=O)[O-])cc2Cl)ccc1O. The molecule has 0 aliphatic rings. The van der Waals surface area contributed by atoms with Crippen molar-refractivity contribution in [2.75, 3.05) is 0 Å². The third-order valence-electron chi connectivity index (χ3n) is 3.03. The Morgan fingerprint density at radius 1 is 1.18 bits per heavy atom. The minimum atomic E-state index is -0.584. The average Bonchev–Trinajstić information content (AvgIpc) is 2.43. The van der Waals surface area contributed by atoms with E-state index in [0.717, 1.165) is 0 Å². The van der Waals surface area contributed by atoms with Crippen molar-refractivity contribution in [3.05, 3.63) is 56.1 Å². The summed E-state index contributed by atoms with van der Waals surface area (Å²) in [6, 6.07) is 7.10. The molecular weight excluding hydrogens is 329 g/mol. The van der Waals surface area contributed by atoms with Crippen molar-refractivity contribution in [2.24, 2.45) is 0 Å². The summed E-state index contributed by atoms with van der Waals surface area (Å²) in [4.78, 5) is 10.2. The fourth-order valence-electron chi connectivity index (χ4n) is 1.93. The van der Waals surface area contributed by atoms with Gasteiger partial charge >= 0.3 is 0 Å². The van der Waals surface area contributed by atoms with Crippen LogP contribution in [0.4, 0.5) is 5.69 Å². The van der Waals surface area contributed by atoms with E-state index in [2.05, 4.69) is 0 Å². The van der Waals surface area contributed by atoms with Crippen molar-refractivity contribution in [3.8, 4) is 17.2 Å². The van der Waals surface area contributed by atoms with Gasteiger partial charge in [0.1, 0.15) is 11.5 Å². The highest BCUT2D eigenvalue weighted by Gasteiger charge is 2.17. The summed E-state index contributed by atoms with van der Waals surface area (Å²) >= 11 is 12.0. The Balaban J connectivity index is 2.39. The second-order valence-corrected chi connectivity index (χ2v) is 5.79. The number of benzene rings is 2. The van der Waals surface area contributed by atoms with Gasteiger partial charge in [0.05, 0.1) is 15.0 Å².